The number of ether oxygens (including phenoxy) is 1. The normalized spacial score (nSPS) is 22.7. The first-order valence-corrected chi connectivity index (χ1v) is 13.2. The smallest absolute Gasteiger partial charge is 0.407 e. The molecular weight excluding hydrogens is 438 g/mol. The Balaban J connectivity index is 1.38. The Morgan fingerprint density at radius 2 is 1.69 bits per heavy atom. The summed E-state index contributed by atoms with van der Waals surface area (Å²) in [7, 11) is 0. The third-order valence-electron chi connectivity index (χ3n) is 7.78. The fraction of sp³-hybridized carbons (Fsp3) is 0.517. The lowest BCUT2D eigenvalue weighted by Gasteiger charge is -2.39. The quantitative estimate of drug-likeness (QED) is 0.593. The second-order valence-electron chi connectivity index (χ2n) is 10.4. The van der Waals surface area contributed by atoms with E-state index < -0.39 is 0 Å². The van der Waals surface area contributed by atoms with Crippen LogP contribution in [0.15, 0.2) is 42.5 Å². The first kappa shape index (κ1) is 23.9. The van der Waals surface area contributed by atoms with Crippen molar-refractivity contribution in [2.24, 2.45) is 0 Å². The predicted molar refractivity (Wildman–Crippen MR) is 138 cm³/mol. The van der Waals surface area contributed by atoms with Crippen molar-refractivity contribution in [1.82, 2.24) is 10.2 Å². The molecule has 186 valence electrons. The van der Waals surface area contributed by atoms with Crippen molar-refractivity contribution in [2.45, 2.75) is 83.5 Å². The van der Waals surface area contributed by atoms with Gasteiger partial charge >= 0.3 is 6.09 Å². The number of carbonyl (C=O) groups is 2. The highest BCUT2D eigenvalue weighted by atomic mass is 16.6. The molecule has 2 aliphatic heterocycles. The van der Waals surface area contributed by atoms with E-state index in [9.17, 15) is 9.59 Å². The first-order chi connectivity index (χ1) is 17.0. The zero-order valence-electron chi connectivity index (χ0n) is 21.0. The Morgan fingerprint density at radius 3 is 2.34 bits per heavy atom. The van der Waals surface area contributed by atoms with Gasteiger partial charge in [-0.2, -0.15) is 0 Å². The van der Waals surface area contributed by atoms with E-state index in [1.807, 2.05) is 17.9 Å². The molecule has 0 bridgehead atoms. The number of alkyl carbamates (subject to hydrolysis) is 1. The van der Waals surface area contributed by atoms with Crippen LogP contribution in [0.25, 0.3) is 11.1 Å². The molecule has 1 saturated heterocycles. The Morgan fingerprint density at radius 1 is 0.971 bits per heavy atom. The summed E-state index contributed by atoms with van der Waals surface area (Å²) < 4.78 is 5.57. The Hall–Kier alpha value is -2.86. The molecule has 2 aromatic carbocycles. The topological polar surface area (TPSA) is 61.9 Å². The fourth-order valence-corrected chi connectivity index (χ4v) is 5.65. The van der Waals surface area contributed by atoms with Crippen molar-refractivity contribution in [1.29, 1.82) is 0 Å². The molecule has 2 unspecified atom stereocenters. The molecule has 5 rings (SSSR count). The van der Waals surface area contributed by atoms with E-state index in [2.05, 4.69) is 46.6 Å². The van der Waals surface area contributed by atoms with E-state index >= 15 is 0 Å². The van der Waals surface area contributed by atoms with Gasteiger partial charge in [-0.05, 0) is 92.9 Å². The van der Waals surface area contributed by atoms with Crippen molar-refractivity contribution in [3.05, 3.63) is 53.6 Å². The molecule has 0 aromatic heterocycles. The molecule has 0 radical (unpaired) electrons. The summed E-state index contributed by atoms with van der Waals surface area (Å²) in [6.45, 7) is 7.02. The van der Waals surface area contributed by atoms with Crippen LogP contribution in [-0.2, 0) is 16.1 Å². The van der Waals surface area contributed by atoms with Gasteiger partial charge in [-0.15, -0.1) is 0 Å². The van der Waals surface area contributed by atoms with E-state index in [0.29, 0.717) is 6.42 Å². The van der Waals surface area contributed by atoms with Crippen LogP contribution in [-0.4, -0.2) is 42.1 Å². The maximum Gasteiger partial charge on any atom is 0.407 e. The predicted octanol–water partition coefficient (Wildman–Crippen LogP) is 5.80. The van der Waals surface area contributed by atoms with Crippen LogP contribution >= 0.6 is 0 Å². The zero-order chi connectivity index (χ0) is 24.4. The lowest BCUT2D eigenvalue weighted by molar-refractivity contribution is -0.117. The number of hydrogen-bond donors (Lipinski definition) is 1. The van der Waals surface area contributed by atoms with Gasteiger partial charge in [0.2, 0.25) is 5.91 Å². The average Bonchev–Trinajstić information content (AvgIpc) is 2.82. The number of anilines is 1. The number of hydrogen-bond acceptors (Lipinski definition) is 4. The standard InChI is InChI=1S/C29H37N3O3/c1-20-17-27(30-29(34)35-25-7-6-8-25)26-18-24(13-14-28(26)32(20)21(2)33)23-11-9-22(10-12-23)19-31-15-4-3-5-16-31/h9-14,18,20,25,27H,3-8,15-17,19H2,1-2H3,(H,30,34). The molecule has 2 amide bonds. The Bertz CT molecular complexity index is 1060. The van der Waals surface area contributed by atoms with Crippen LogP contribution in [0, 0.1) is 0 Å². The number of rotatable bonds is 5. The molecule has 1 aliphatic carbocycles. The second-order valence-corrected chi connectivity index (χ2v) is 10.4. The molecule has 2 fully saturated rings. The number of fused-ring (bicyclic) bond motifs is 1. The summed E-state index contributed by atoms with van der Waals surface area (Å²) >= 11 is 0. The number of piperidine rings is 1. The molecule has 35 heavy (non-hydrogen) atoms. The highest BCUT2D eigenvalue weighted by Crippen LogP contribution is 2.40. The molecule has 2 heterocycles. The van der Waals surface area contributed by atoms with Gasteiger partial charge in [-0.25, -0.2) is 4.79 Å². The summed E-state index contributed by atoms with van der Waals surface area (Å²) in [5, 5.41) is 3.09. The Kier molecular flexibility index (Phi) is 7.09. The minimum Gasteiger partial charge on any atom is -0.446 e. The summed E-state index contributed by atoms with van der Waals surface area (Å²) in [6, 6.07) is 14.8. The molecule has 1 saturated carbocycles. The van der Waals surface area contributed by atoms with Crippen LogP contribution in [0.4, 0.5) is 10.5 Å². The zero-order valence-corrected chi connectivity index (χ0v) is 21.0. The van der Waals surface area contributed by atoms with Gasteiger partial charge in [0.05, 0.1) is 6.04 Å². The van der Waals surface area contributed by atoms with Crippen molar-refractivity contribution >= 4 is 17.7 Å². The van der Waals surface area contributed by atoms with Gasteiger partial charge in [-0.1, -0.05) is 36.8 Å². The van der Waals surface area contributed by atoms with Crippen molar-refractivity contribution in [2.75, 3.05) is 18.0 Å². The first-order valence-electron chi connectivity index (χ1n) is 13.2. The van der Waals surface area contributed by atoms with Crippen LogP contribution in [0.3, 0.4) is 0 Å². The lowest BCUT2D eigenvalue weighted by atomic mass is 9.89. The summed E-state index contributed by atoms with van der Waals surface area (Å²) in [5.41, 5.74) is 5.40. The number of likely N-dealkylation sites (tertiary alicyclic amines) is 1. The van der Waals surface area contributed by atoms with Crippen molar-refractivity contribution in [3.8, 4) is 11.1 Å². The molecule has 6 heteroatoms. The third-order valence-corrected chi connectivity index (χ3v) is 7.78. The van der Waals surface area contributed by atoms with Crippen LogP contribution < -0.4 is 10.2 Å². The average molecular weight is 476 g/mol. The second kappa shape index (κ2) is 10.4. The van der Waals surface area contributed by atoms with Gasteiger partial charge < -0.3 is 15.0 Å². The molecular formula is C29H37N3O3. The minimum atomic E-state index is -0.360. The number of nitrogens with one attached hydrogen (secondary N) is 1. The van der Waals surface area contributed by atoms with Gasteiger partial charge in [0.25, 0.3) is 0 Å². The highest BCUT2D eigenvalue weighted by molar-refractivity contribution is 5.94. The fourth-order valence-electron chi connectivity index (χ4n) is 5.65. The number of amides is 2. The van der Waals surface area contributed by atoms with Crippen LogP contribution in [0.2, 0.25) is 0 Å². The number of benzene rings is 2. The molecule has 2 aromatic rings. The minimum absolute atomic E-state index is 0.00563. The molecule has 3 aliphatic rings. The largest absolute Gasteiger partial charge is 0.446 e. The lowest BCUT2D eigenvalue weighted by Crippen LogP contribution is -2.46. The van der Waals surface area contributed by atoms with Crippen LogP contribution in [0.1, 0.15) is 76.0 Å². The van der Waals surface area contributed by atoms with Crippen molar-refractivity contribution < 1.29 is 14.3 Å². The monoisotopic (exact) mass is 475 g/mol. The van der Waals surface area contributed by atoms with E-state index in [1.165, 1.54) is 37.9 Å². The van der Waals surface area contributed by atoms with Gasteiger partial charge in [-0.3, -0.25) is 9.69 Å². The van der Waals surface area contributed by atoms with Gasteiger partial charge in [0.15, 0.2) is 0 Å². The summed E-state index contributed by atoms with van der Waals surface area (Å²) in [5.74, 6) is 0.0176. The number of nitrogens with zero attached hydrogens (tertiary/aromatic N) is 2. The van der Waals surface area contributed by atoms with E-state index in [1.54, 1.807) is 6.92 Å². The Labute approximate surface area is 208 Å². The SMILES string of the molecule is CC(=O)N1c2ccc(-c3ccc(CN4CCCCC4)cc3)cc2C(NC(=O)OC2CCC2)CC1C. The van der Waals surface area contributed by atoms with E-state index in [-0.39, 0.29) is 30.2 Å². The van der Waals surface area contributed by atoms with Crippen LogP contribution in [0.5, 0.6) is 0 Å². The maximum atomic E-state index is 12.6. The van der Waals surface area contributed by atoms with E-state index in [4.69, 9.17) is 4.74 Å². The summed E-state index contributed by atoms with van der Waals surface area (Å²) in [4.78, 5) is 29.4. The molecule has 1 N–H and O–H groups in total. The summed E-state index contributed by atoms with van der Waals surface area (Å²) in [6.07, 6.45) is 7.29. The highest BCUT2D eigenvalue weighted by Gasteiger charge is 2.34. The van der Waals surface area contributed by atoms with Gasteiger partial charge in [0.1, 0.15) is 6.10 Å². The van der Waals surface area contributed by atoms with Crippen molar-refractivity contribution in [3.63, 3.8) is 0 Å². The number of carbonyl (C=O) groups excluding carboxylic acids is 2. The third kappa shape index (κ3) is 5.37. The molecule has 6 nitrogen and oxygen atoms in total. The van der Waals surface area contributed by atoms with E-state index in [0.717, 1.165) is 48.2 Å². The molecule has 2 atom stereocenters. The molecule has 0 spiro atoms. The maximum absolute atomic E-state index is 12.6. The van der Waals surface area contributed by atoms with Gasteiger partial charge in [0, 0.05) is 25.2 Å².